The second kappa shape index (κ2) is 3.17. The molecule has 50 valence electrons. The zero-order valence-corrected chi connectivity index (χ0v) is 5.26. The summed E-state index contributed by atoms with van der Waals surface area (Å²) >= 11 is 0. The van der Waals surface area contributed by atoms with E-state index in [1.807, 2.05) is 5.48 Å². The quantitative estimate of drug-likeness (QED) is 0.369. The number of phosphoric acid groups is 1. The van der Waals surface area contributed by atoms with Gasteiger partial charge in [0.1, 0.15) is 0 Å². The zero-order chi connectivity index (χ0) is 6.62. The highest BCUT2D eigenvalue weighted by Crippen LogP contribution is 2.33. The molecule has 5 nitrogen and oxygen atoms in total. The van der Waals surface area contributed by atoms with E-state index in [2.05, 4.69) is 4.62 Å². The average molecular weight is 141 g/mol. The van der Waals surface area contributed by atoms with Crippen LogP contribution in [0.5, 0.6) is 0 Å². The van der Waals surface area contributed by atoms with Crippen molar-refractivity contribution in [3.63, 3.8) is 0 Å². The molecule has 0 rings (SSSR count). The van der Waals surface area contributed by atoms with Crippen LogP contribution < -0.4 is 5.48 Å². The molecule has 3 N–H and O–H groups in total. The van der Waals surface area contributed by atoms with Gasteiger partial charge in [0.05, 0.1) is 0 Å². The van der Waals surface area contributed by atoms with Crippen LogP contribution >= 0.6 is 7.82 Å². The first-order chi connectivity index (χ1) is 3.56. The largest absolute Gasteiger partial charge is 0.486 e. The number of hydrogen-bond acceptors (Lipinski definition) is 3. The summed E-state index contributed by atoms with van der Waals surface area (Å²) in [6.07, 6.45) is 0. The van der Waals surface area contributed by atoms with Crippen molar-refractivity contribution >= 4 is 7.82 Å². The van der Waals surface area contributed by atoms with Crippen LogP contribution in [0.2, 0.25) is 0 Å². The van der Waals surface area contributed by atoms with Crippen LogP contribution in [0.15, 0.2) is 0 Å². The third-order valence-corrected chi connectivity index (χ3v) is 0.695. The van der Waals surface area contributed by atoms with Gasteiger partial charge in [-0.3, -0.25) is 0 Å². The van der Waals surface area contributed by atoms with E-state index in [1.54, 1.807) is 6.92 Å². The maximum absolute atomic E-state index is 9.80. The number of rotatable bonds is 3. The van der Waals surface area contributed by atoms with E-state index in [4.69, 9.17) is 9.79 Å². The van der Waals surface area contributed by atoms with Crippen LogP contribution in [0.4, 0.5) is 0 Å². The molecule has 0 unspecified atom stereocenters. The maximum Gasteiger partial charge on any atom is 0.486 e. The highest BCUT2D eigenvalue weighted by molar-refractivity contribution is 7.46. The first-order valence-electron chi connectivity index (χ1n) is 2.03. The molecule has 6 heteroatoms. The van der Waals surface area contributed by atoms with Crippen molar-refractivity contribution < 1.29 is 19.0 Å². The molecule has 0 fully saturated rings. The topological polar surface area (TPSA) is 78.8 Å². The SMILES string of the molecule is CCNOP(=O)(O)O. The lowest BCUT2D eigenvalue weighted by molar-refractivity contribution is 0.129. The molecule has 0 aliphatic heterocycles. The van der Waals surface area contributed by atoms with Gasteiger partial charge in [0.15, 0.2) is 0 Å². The molecule has 0 aliphatic carbocycles. The maximum atomic E-state index is 9.80. The lowest BCUT2D eigenvalue weighted by Crippen LogP contribution is -2.10. The number of hydroxylamine groups is 1. The van der Waals surface area contributed by atoms with E-state index < -0.39 is 7.82 Å². The zero-order valence-electron chi connectivity index (χ0n) is 4.37. The first kappa shape index (κ1) is 8.07. The van der Waals surface area contributed by atoms with Gasteiger partial charge in [0, 0.05) is 6.54 Å². The lowest BCUT2D eigenvalue weighted by Gasteiger charge is -2.01. The third-order valence-electron chi connectivity index (χ3n) is 0.328. The summed E-state index contributed by atoms with van der Waals surface area (Å²) in [4.78, 5) is 16.0. The molecule has 0 heterocycles. The first-order valence-corrected chi connectivity index (χ1v) is 3.56. The molecule has 0 amide bonds. The van der Waals surface area contributed by atoms with E-state index >= 15 is 0 Å². The van der Waals surface area contributed by atoms with Crippen LogP contribution in [-0.4, -0.2) is 16.3 Å². The van der Waals surface area contributed by atoms with Crippen molar-refractivity contribution in [3.05, 3.63) is 0 Å². The van der Waals surface area contributed by atoms with Gasteiger partial charge >= 0.3 is 7.82 Å². The Kier molecular flexibility index (Phi) is 3.19. The van der Waals surface area contributed by atoms with E-state index in [0.29, 0.717) is 6.54 Å². The summed E-state index contributed by atoms with van der Waals surface area (Å²) < 4.78 is 13.6. The van der Waals surface area contributed by atoms with Gasteiger partial charge in [0.2, 0.25) is 0 Å². The fraction of sp³-hybridized carbons (Fsp3) is 1.00. The summed E-state index contributed by atoms with van der Waals surface area (Å²) in [6, 6.07) is 0. The Hall–Kier alpha value is 0.0700. The number of hydrogen-bond donors (Lipinski definition) is 3. The monoisotopic (exact) mass is 141 g/mol. The van der Waals surface area contributed by atoms with Crippen LogP contribution in [0, 0.1) is 0 Å². The molecule has 0 saturated heterocycles. The highest BCUT2D eigenvalue weighted by Gasteiger charge is 2.11. The predicted octanol–water partition coefficient (Wildman–Crippen LogP) is -0.380. The Labute approximate surface area is 46.9 Å². The van der Waals surface area contributed by atoms with Gasteiger partial charge in [-0.15, -0.1) is 0 Å². The minimum absolute atomic E-state index is 0.366. The molecular formula is C2H8NO4P. The second-order valence-electron chi connectivity index (χ2n) is 1.08. The summed E-state index contributed by atoms with van der Waals surface area (Å²) in [7, 11) is -4.29. The van der Waals surface area contributed by atoms with Crippen LogP contribution in [0.1, 0.15) is 6.92 Å². The fourth-order valence-electron chi connectivity index (χ4n) is 0.149. The van der Waals surface area contributed by atoms with E-state index in [1.165, 1.54) is 0 Å². The van der Waals surface area contributed by atoms with Gasteiger partial charge in [-0.05, 0) is 0 Å². The van der Waals surface area contributed by atoms with E-state index in [9.17, 15) is 4.57 Å². The van der Waals surface area contributed by atoms with Crippen LogP contribution in [0.3, 0.4) is 0 Å². The fourth-order valence-corrected chi connectivity index (χ4v) is 0.446. The molecular weight excluding hydrogens is 133 g/mol. The normalized spacial score (nSPS) is 11.9. The third kappa shape index (κ3) is 6.07. The summed E-state index contributed by atoms with van der Waals surface area (Å²) in [5.41, 5.74) is 2.03. The summed E-state index contributed by atoms with van der Waals surface area (Å²) in [6.45, 7) is 2.03. The molecule has 0 atom stereocenters. The van der Waals surface area contributed by atoms with Crippen LogP contribution in [-0.2, 0) is 9.19 Å². The number of nitrogens with one attached hydrogen (secondary N) is 1. The minimum atomic E-state index is -4.29. The van der Waals surface area contributed by atoms with Crippen molar-refractivity contribution in [1.82, 2.24) is 5.48 Å². The Balaban J connectivity index is 3.26. The van der Waals surface area contributed by atoms with E-state index in [-0.39, 0.29) is 0 Å². The Morgan fingerprint density at radius 1 is 1.75 bits per heavy atom. The standard InChI is InChI=1S/C2H8NO4P/c1-2-3-7-8(4,5)6/h3H,2H2,1H3,(H2,4,5,6). The molecule has 0 radical (unpaired) electrons. The lowest BCUT2D eigenvalue weighted by atomic mass is 10.8. The Morgan fingerprint density at radius 2 is 2.25 bits per heavy atom. The average Bonchev–Trinajstić information content (AvgIpc) is 1.59. The molecule has 0 aromatic heterocycles. The minimum Gasteiger partial charge on any atom is -0.302 e. The Morgan fingerprint density at radius 3 is 2.38 bits per heavy atom. The molecule has 0 aliphatic rings. The smallest absolute Gasteiger partial charge is 0.302 e. The molecule has 8 heavy (non-hydrogen) atoms. The molecule has 0 spiro atoms. The highest BCUT2D eigenvalue weighted by atomic mass is 31.2. The molecule has 0 aromatic rings. The predicted molar refractivity (Wildman–Crippen MR) is 26.8 cm³/mol. The van der Waals surface area contributed by atoms with E-state index in [0.717, 1.165) is 0 Å². The van der Waals surface area contributed by atoms with Gasteiger partial charge in [-0.2, -0.15) is 10.1 Å². The van der Waals surface area contributed by atoms with Gasteiger partial charge in [0.25, 0.3) is 0 Å². The molecule has 0 saturated carbocycles. The van der Waals surface area contributed by atoms with Crippen molar-refractivity contribution in [2.24, 2.45) is 0 Å². The second-order valence-corrected chi connectivity index (χ2v) is 2.24. The van der Waals surface area contributed by atoms with Crippen molar-refractivity contribution in [2.45, 2.75) is 6.92 Å². The van der Waals surface area contributed by atoms with Gasteiger partial charge in [-0.1, -0.05) is 6.92 Å². The Bertz CT molecular complexity index is 98.2. The van der Waals surface area contributed by atoms with Gasteiger partial charge < -0.3 is 9.79 Å². The van der Waals surface area contributed by atoms with Crippen molar-refractivity contribution in [1.29, 1.82) is 0 Å². The van der Waals surface area contributed by atoms with Crippen LogP contribution in [0.25, 0.3) is 0 Å². The summed E-state index contributed by atoms with van der Waals surface area (Å²) in [5, 5.41) is 0. The van der Waals surface area contributed by atoms with Gasteiger partial charge in [-0.25, -0.2) is 4.57 Å². The molecule has 0 bridgehead atoms. The summed E-state index contributed by atoms with van der Waals surface area (Å²) in [5.74, 6) is 0. The van der Waals surface area contributed by atoms with Crippen molar-refractivity contribution in [3.8, 4) is 0 Å². The molecule has 0 aromatic carbocycles. The van der Waals surface area contributed by atoms with Crippen molar-refractivity contribution in [2.75, 3.05) is 6.54 Å².